The fourth-order valence-corrected chi connectivity index (χ4v) is 2.81. The molecule has 0 saturated heterocycles. The second kappa shape index (κ2) is 6.05. The number of esters is 1. The Kier molecular flexibility index (Phi) is 4.04. The van der Waals surface area contributed by atoms with Crippen LogP contribution in [0.2, 0.25) is 0 Å². The van der Waals surface area contributed by atoms with Gasteiger partial charge in [0.05, 0.1) is 5.56 Å². The first kappa shape index (κ1) is 16.7. The van der Waals surface area contributed by atoms with Crippen LogP contribution in [-0.4, -0.2) is 22.8 Å². The van der Waals surface area contributed by atoms with Crippen LogP contribution in [0.3, 0.4) is 0 Å². The summed E-state index contributed by atoms with van der Waals surface area (Å²) in [6.45, 7) is 2.65. The van der Waals surface area contributed by atoms with E-state index < -0.39 is 17.5 Å². The summed E-state index contributed by atoms with van der Waals surface area (Å²) < 4.78 is 10.7. The third-order valence-corrected chi connectivity index (χ3v) is 4.18. The highest BCUT2D eigenvalue weighted by molar-refractivity contribution is 6.12. The van der Waals surface area contributed by atoms with Gasteiger partial charge in [0.1, 0.15) is 12.4 Å². The van der Waals surface area contributed by atoms with E-state index in [1.807, 2.05) is 6.07 Å². The largest absolute Gasteiger partial charge is 0.488 e. The quantitative estimate of drug-likeness (QED) is 0.864. The van der Waals surface area contributed by atoms with E-state index in [4.69, 9.17) is 9.47 Å². The van der Waals surface area contributed by atoms with E-state index in [0.29, 0.717) is 11.3 Å². The van der Waals surface area contributed by atoms with Crippen molar-refractivity contribution < 1.29 is 29.0 Å². The maximum Gasteiger partial charge on any atom is 0.352 e. The van der Waals surface area contributed by atoms with E-state index in [9.17, 15) is 19.5 Å². The van der Waals surface area contributed by atoms with Crippen LogP contribution in [0.4, 0.5) is 0 Å². The first-order valence-corrected chi connectivity index (χ1v) is 7.66. The summed E-state index contributed by atoms with van der Waals surface area (Å²) in [5, 5.41) is 9.52. The number of ketones is 1. The molecule has 0 spiro atoms. The van der Waals surface area contributed by atoms with Crippen LogP contribution in [-0.2, 0) is 26.5 Å². The zero-order valence-corrected chi connectivity index (χ0v) is 13.7. The SMILES string of the molecule is CC(=O)OC(C)(C(=O)O)c1ccc2c(c1)C(=O)c1ccccc1CO2. The minimum Gasteiger partial charge on any atom is -0.488 e. The molecule has 1 aliphatic rings. The summed E-state index contributed by atoms with van der Waals surface area (Å²) in [5.41, 5.74) is -0.214. The second-order valence-corrected chi connectivity index (χ2v) is 5.92. The monoisotopic (exact) mass is 340 g/mol. The minimum atomic E-state index is -1.90. The number of hydrogen-bond donors (Lipinski definition) is 1. The summed E-state index contributed by atoms with van der Waals surface area (Å²) in [7, 11) is 0. The van der Waals surface area contributed by atoms with Crippen molar-refractivity contribution in [2.75, 3.05) is 0 Å². The van der Waals surface area contributed by atoms with Gasteiger partial charge in [-0.15, -0.1) is 0 Å². The molecule has 0 saturated carbocycles. The smallest absolute Gasteiger partial charge is 0.352 e. The molecule has 6 heteroatoms. The average Bonchev–Trinajstić information content (AvgIpc) is 2.71. The zero-order chi connectivity index (χ0) is 18.2. The molecule has 0 fully saturated rings. The Morgan fingerprint density at radius 2 is 1.88 bits per heavy atom. The summed E-state index contributed by atoms with van der Waals surface area (Å²) in [6.07, 6.45) is 0. The Morgan fingerprint density at radius 3 is 2.56 bits per heavy atom. The van der Waals surface area contributed by atoms with Crippen molar-refractivity contribution in [1.29, 1.82) is 0 Å². The molecule has 0 amide bonds. The highest BCUT2D eigenvalue weighted by atomic mass is 16.6. The van der Waals surface area contributed by atoms with Gasteiger partial charge in [-0.2, -0.15) is 0 Å². The zero-order valence-electron chi connectivity index (χ0n) is 13.7. The van der Waals surface area contributed by atoms with Crippen LogP contribution in [0.1, 0.15) is 40.9 Å². The number of aliphatic carboxylic acids is 1. The number of ether oxygens (including phenoxy) is 2. The molecule has 0 aliphatic carbocycles. The Bertz CT molecular complexity index is 885. The Morgan fingerprint density at radius 1 is 1.16 bits per heavy atom. The molecule has 1 heterocycles. The van der Waals surface area contributed by atoms with Crippen molar-refractivity contribution in [2.45, 2.75) is 26.1 Å². The second-order valence-electron chi connectivity index (χ2n) is 5.92. The Hall–Kier alpha value is -3.15. The number of hydrogen-bond acceptors (Lipinski definition) is 5. The number of carboxylic acid groups (broad SMARTS) is 1. The first-order chi connectivity index (χ1) is 11.8. The van der Waals surface area contributed by atoms with Crippen molar-refractivity contribution >= 4 is 17.7 Å². The van der Waals surface area contributed by atoms with Crippen LogP contribution < -0.4 is 4.74 Å². The maximum atomic E-state index is 12.9. The highest BCUT2D eigenvalue weighted by Gasteiger charge is 2.40. The van der Waals surface area contributed by atoms with E-state index in [1.165, 1.54) is 25.1 Å². The number of fused-ring (bicyclic) bond motifs is 2. The lowest BCUT2D eigenvalue weighted by Gasteiger charge is -2.25. The van der Waals surface area contributed by atoms with Gasteiger partial charge in [-0.3, -0.25) is 9.59 Å². The van der Waals surface area contributed by atoms with Crippen LogP contribution in [0.15, 0.2) is 42.5 Å². The maximum absolute atomic E-state index is 12.9. The van der Waals surface area contributed by atoms with Gasteiger partial charge >= 0.3 is 11.9 Å². The third-order valence-electron chi connectivity index (χ3n) is 4.18. The average molecular weight is 340 g/mol. The van der Waals surface area contributed by atoms with Crippen molar-refractivity contribution in [2.24, 2.45) is 0 Å². The molecule has 25 heavy (non-hydrogen) atoms. The van der Waals surface area contributed by atoms with Crippen LogP contribution >= 0.6 is 0 Å². The lowest BCUT2D eigenvalue weighted by molar-refractivity contribution is -0.176. The van der Waals surface area contributed by atoms with E-state index in [1.54, 1.807) is 18.2 Å². The number of carbonyl (C=O) groups is 3. The molecule has 2 aromatic carbocycles. The number of benzene rings is 2. The fourth-order valence-electron chi connectivity index (χ4n) is 2.81. The van der Waals surface area contributed by atoms with E-state index in [0.717, 1.165) is 12.5 Å². The predicted molar refractivity (Wildman–Crippen MR) is 87.4 cm³/mol. The molecule has 0 bridgehead atoms. The van der Waals surface area contributed by atoms with E-state index in [2.05, 4.69) is 0 Å². The highest BCUT2D eigenvalue weighted by Crippen LogP contribution is 2.34. The molecule has 0 aromatic heterocycles. The molecule has 2 aromatic rings. The molecule has 3 rings (SSSR count). The normalized spacial score (nSPS) is 15.0. The molecule has 1 N–H and O–H groups in total. The van der Waals surface area contributed by atoms with Gasteiger partial charge in [-0.05, 0) is 19.1 Å². The summed E-state index contributed by atoms with van der Waals surface area (Å²) >= 11 is 0. The topological polar surface area (TPSA) is 89.9 Å². The molecule has 6 nitrogen and oxygen atoms in total. The van der Waals surface area contributed by atoms with Gasteiger partial charge in [0.25, 0.3) is 0 Å². The Balaban J connectivity index is 2.13. The van der Waals surface area contributed by atoms with Crippen molar-refractivity contribution in [3.05, 3.63) is 64.7 Å². The standard InChI is InChI=1S/C19H16O6/c1-11(20)25-19(2,18(22)23)13-7-8-16-15(9-13)17(21)14-6-4-3-5-12(14)10-24-16/h3-9H,10H2,1-2H3,(H,22,23). The van der Waals surface area contributed by atoms with Gasteiger partial charge in [-0.1, -0.05) is 30.3 Å². The molecule has 1 atom stereocenters. The summed E-state index contributed by atoms with van der Waals surface area (Å²) in [4.78, 5) is 35.9. The molecule has 0 radical (unpaired) electrons. The number of carboxylic acids is 1. The van der Waals surface area contributed by atoms with Crippen LogP contribution in [0.25, 0.3) is 0 Å². The van der Waals surface area contributed by atoms with Gasteiger partial charge in [0, 0.05) is 23.6 Å². The van der Waals surface area contributed by atoms with Gasteiger partial charge in [-0.25, -0.2) is 4.79 Å². The molecule has 128 valence electrons. The lowest BCUT2D eigenvalue weighted by Crippen LogP contribution is -2.37. The Labute approximate surface area is 144 Å². The van der Waals surface area contributed by atoms with E-state index in [-0.39, 0.29) is 23.5 Å². The molecule has 1 aliphatic heterocycles. The number of carbonyl (C=O) groups excluding carboxylic acids is 2. The van der Waals surface area contributed by atoms with Gasteiger partial charge in [0.15, 0.2) is 5.78 Å². The van der Waals surface area contributed by atoms with Crippen molar-refractivity contribution in [3.63, 3.8) is 0 Å². The van der Waals surface area contributed by atoms with E-state index >= 15 is 0 Å². The minimum absolute atomic E-state index is 0.185. The fraction of sp³-hybridized carbons (Fsp3) is 0.211. The molecular weight excluding hydrogens is 324 g/mol. The summed E-state index contributed by atoms with van der Waals surface area (Å²) in [5.74, 6) is -1.96. The van der Waals surface area contributed by atoms with Crippen LogP contribution in [0.5, 0.6) is 5.75 Å². The summed E-state index contributed by atoms with van der Waals surface area (Å²) in [6, 6.07) is 11.5. The predicted octanol–water partition coefficient (Wildman–Crippen LogP) is 2.67. The lowest BCUT2D eigenvalue weighted by atomic mass is 9.91. The third kappa shape index (κ3) is 2.87. The van der Waals surface area contributed by atoms with Gasteiger partial charge in [0.2, 0.25) is 5.60 Å². The first-order valence-electron chi connectivity index (χ1n) is 7.66. The molecule has 1 unspecified atom stereocenters. The van der Waals surface area contributed by atoms with Crippen LogP contribution in [0, 0.1) is 0 Å². The molecular formula is C19H16O6. The van der Waals surface area contributed by atoms with Gasteiger partial charge < -0.3 is 14.6 Å². The van der Waals surface area contributed by atoms with Crippen molar-refractivity contribution in [3.8, 4) is 5.75 Å². The van der Waals surface area contributed by atoms with Crippen molar-refractivity contribution in [1.82, 2.24) is 0 Å². The number of rotatable bonds is 3.